The summed E-state index contributed by atoms with van der Waals surface area (Å²) in [6.45, 7) is 4.85. The predicted molar refractivity (Wildman–Crippen MR) is 139 cm³/mol. The largest absolute Gasteiger partial charge is 0.493 e. The molecule has 8 nitrogen and oxygen atoms in total. The minimum atomic E-state index is -5.07. The molecule has 14 heteroatoms. The highest BCUT2D eigenvalue weighted by Crippen LogP contribution is 2.47. The van der Waals surface area contributed by atoms with Gasteiger partial charge >= 0.3 is 24.5 Å². The van der Waals surface area contributed by atoms with Gasteiger partial charge in [0.1, 0.15) is 0 Å². The monoisotopic (exact) mass is 606 g/mol. The maximum atomic E-state index is 13.5. The van der Waals surface area contributed by atoms with Crippen molar-refractivity contribution in [3.8, 4) is 11.5 Å². The van der Waals surface area contributed by atoms with Crippen LogP contribution in [0.15, 0.2) is 30.3 Å². The van der Waals surface area contributed by atoms with Gasteiger partial charge in [0.2, 0.25) is 0 Å². The third-order valence-corrected chi connectivity index (χ3v) is 6.68. The molecule has 2 atom stereocenters. The lowest BCUT2D eigenvalue weighted by Crippen LogP contribution is -2.48. The summed E-state index contributed by atoms with van der Waals surface area (Å²) in [6.07, 6.45) is -11.8. The second-order valence-electron chi connectivity index (χ2n) is 10.2. The lowest BCUT2D eigenvalue weighted by atomic mass is 9.90. The van der Waals surface area contributed by atoms with Crippen LogP contribution in [0.2, 0.25) is 0 Å². The average molecular weight is 607 g/mol. The third kappa shape index (κ3) is 7.13. The maximum absolute atomic E-state index is 13.5. The fourth-order valence-corrected chi connectivity index (χ4v) is 4.76. The summed E-state index contributed by atoms with van der Waals surface area (Å²) in [5.41, 5.74) is -2.86. The fourth-order valence-electron chi connectivity index (χ4n) is 4.76. The maximum Gasteiger partial charge on any atom is 0.416 e. The first kappa shape index (κ1) is 32.7. The molecule has 0 fully saturated rings. The molecule has 42 heavy (non-hydrogen) atoms. The van der Waals surface area contributed by atoms with E-state index in [9.17, 15) is 35.9 Å². The number of nitrogens with zero attached hydrogens (tertiary/aromatic N) is 2. The number of carbonyl (C=O) groups excluding carboxylic acids is 2. The van der Waals surface area contributed by atoms with Crippen molar-refractivity contribution in [2.24, 2.45) is 5.92 Å². The summed E-state index contributed by atoms with van der Waals surface area (Å²) in [6, 6.07) is 2.54. The summed E-state index contributed by atoms with van der Waals surface area (Å²) in [7, 11) is 3.78. The van der Waals surface area contributed by atoms with Gasteiger partial charge in [-0.25, -0.2) is 9.59 Å². The highest BCUT2D eigenvalue weighted by Gasteiger charge is 2.42. The molecule has 2 aromatic rings. The standard InChI is InChI=1S/C28H32F6N2O6/c1-15(2)14-42-26(38)36-16(3)7-21(20-11-23(39-4)24(40-5)12-22(20)36)35(25(37)41-6)13-17-8-18(27(29,30)31)10-19(9-17)28(32,33)34/h8-12,15-16,21H,7,13-14H2,1-6H3/t16-,21+/m0/s1. The minimum Gasteiger partial charge on any atom is -0.493 e. The molecule has 0 saturated carbocycles. The number of methoxy groups -OCH3 is 3. The van der Waals surface area contributed by atoms with Crippen molar-refractivity contribution in [3.05, 3.63) is 52.6 Å². The van der Waals surface area contributed by atoms with Gasteiger partial charge in [-0.15, -0.1) is 0 Å². The Morgan fingerprint density at radius 3 is 1.95 bits per heavy atom. The molecule has 1 heterocycles. The van der Waals surface area contributed by atoms with E-state index in [1.54, 1.807) is 6.92 Å². The Bertz CT molecular complexity index is 1260. The first-order valence-corrected chi connectivity index (χ1v) is 12.9. The zero-order chi connectivity index (χ0) is 31.6. The average Bonchev–Trinajstić information content (AvgIpc) is 2.91. The van der Waals surface area contributed by atoms with Crippen molar-refractivity contribution in [3.63, 3.8) is 0 Å². The van der Waals surface area contributed by atoms with E-state index in [2.05, 4.69) is 0 Å². The fraction of sp³-hybridized carbons (Fsp3) is 0.500. The van der Waals surface area contributed by atoms with Crippen molar-refractivity contribution in [2.45, 2.75) is 58.2 Å². The molecule has 0 bridgehead atoms. The Morgan fingerprint density at radius 1 is 0.929 bits per heavy atom. The van der Waals surface area contributed by atoms with Crippen LogP contribution in [0, 0.1) is 5.92 Å². The molecule has 0 unspecified atom stereocenters. The molecule has 232 valence electrons. The first-order chi connectivity index (χ1) is 19.5. The number of rotatable bonds is 7. The summed E-state index contributed by atoms with van der Waals surface area (Å²) in [5, 5.41) is 0. The Balaban J connectivity index is 2.18. The zero-order valence-electron chi connectivity index (χ0n) is 23.9. The number of halogens is 6. The van der Waals surface area contributed by atoms with Gasteiger partial charge in [-0.1, -0.05) is 13.8 Å². The summed E-state index contributed by atoms with van der Waals surface area (Å²) < 4.78 is 102. The molecule has 2 aromatic carbocycles. The van der Waals surface area contributed by atoms with E-state index in [4.69, 9.17) is 18.9 Å². The number of ether oxygens (including phenoxy) is 4. The molecular formula is C28H32F6N2O6. The lowest BCUT2D eigenvalue weighted by molar-refractivity contribution is -0.143. The number of alkyl halides is 6. The van der Waals surface area contributed by atoms with E-state index >= 15 is 0 Å². The second-order valence-corrected chi connectivity index (χ2v) is 10.2. The van der Waals surface area contributed by atoms with Crippen LogP contribution < -0.4 is 14.4 Å². The quantitative estimate of drug-likeness (QED) is 0.305. The number of carbonyl (C=O) groups is 2. The number of benzene rings is 2. The van der Waals surface area contributed by atoms with E-state index in [1.165, 1.54) is 31.3 Å². The highest BCUT2D eigenvalue weighted by atomic mass is 19.4. The smallest absolute Gasteiger partial charge is 0.416 e. The van der Waals surface area contributed by atoms with Gasteiger partial charge in [0.15, 0.2) is 11.5 Å². The topological polar surface area (TPSA) is 77.5 Å². The Kier molecular flexibility index (Phi) is 9.78. The summed E-state index contributed by atoms with van der Waals surface area (Å²) >= 11 is 0. The molecule has 0 spiro atoms. The Morgan fingerprint density at radius 2 is 1.48 bits per heavy atom. The number of hydrogen-bond acceptors (Lipinski definition) is 6. The molecule has 1 aliphatic rings. The second kappa shape index (κ2) is 12.6. The van der Waals surface area contributed by atoms with Crippen LogP contribution in [-0.2, 0) is 28.4 Å². The Hall–Kier alpha value is -3.84. The number of fused-ring (bicyclic) bond motifs is 1. The van der Waals surface area contributed by atoms with Crippen LogP contribution in [-0.4, -0.2) is 51.1 Å². The molecule has 2 amide bonds. The molecule has 1 aliphatic heterocycles. The molecule has 3 rings (SSSR count). The number of amides is 2. The number of anilines is 1. The van der Waals surface area contributed by atoms with Crippen molar-refractivity contribution in [1.82, 2.24) is 4.90 Å². The van der Waals surface area contributed by atoms with E-state index in [-0.39, 0.29) is 42.2 Å². The summed E-state index contributed by atoms with van der Waals surface area (Å²) in [5.74, 6) is 0.494. The van der Waals surface area contributed by atoms with Crippen LogP contribution in [0.3, 0.4) is 0 Å². The van der Waals surface area contributed by atoms with E-state index < -0.39 is 59.9 Å². The predicted octanol–water partition coefficient (Wildman–Crippen LogP) is 7.44. The van der Waals surface area contributed by atoms with Crippen molar-refractivity contribution >= 4 is 17.9 Å². The van der Waals surface area contributed by atoms with Gasteiger partial charge in [-0.2, -0.15) is 26.3 Å². The van der Waals surface area contributed by atoms with Gasteiger partial charge in [0.05, 0.1) is 50.8 Å². The minimum absolute atomic E-state index is 0.0156. The van der Waals surface area contributed by atoms with Gasteiger partial charge in [-0.3, -0.25) is 9.80 Å². The van der Waals surface area contributed by atoms with Crippen LogP contribution in [0.25, 0.3) is 0 Å². The molecule has 0 aromatic heterocycles. The SMILES string of the molecule is COC(=O)N(Cc1cc(C(F)(F)F)cc(C(F)(F)F)c1)[C@@H]1C[C@H](C)N(C(=O)OCC(C)C)c2cc(OC)c(OC)cc21. The van der Waals surface area contributed by atoms with Crippen LogP contribution in [0.4, 0.5) is 41.6 Å². The molecule has 0 radical (unpaired) electrons. The van der Waals surface area contributed by atoms with Gasteiger partial charge in [0.25, 0.3) is 0 Å². The van der Waals surface area contributed by atoms with Crippen molar-refractivity contribution < 1.29 is 54.9 Å². The summed E-state index contributed by atoms with van der Waals surface area (Å²) in [4.78, 5) is 28.6. The third-order valence-electron chi connectivity index (χ3n) is 6.68. The highest BCUT2D eigenvalue weighted by molar-refractivity contribution is 5.91. The normalized spacial score (nSPS) is 17.0. The van der Waals surface area contributed by atoms with Crippen LogP contribution >= 0.6 is 0 Å². The Labute approximate surface area is 239 Å². The van der Waals surface area contributed by atoms with Gasteiger partial charge in [0, 0.05) is 24.2 Å². The van der Waals surface area contributed by atoms with E-state index in [0.717, 1.165) is 12.0 Å². The molecular weight excluding hydrogens is 574 g/mol. The number of hydrogen-bond donors (Lipinski definition) is 0. The van der Waals surface area contributed by atoms with Gasteiger partial charge < -0.3 is 18.9 Å². The van der Waals surface area contributed by atoms with E-state index in [0.29, 0.717) is 17.7 Å². The zero-order valence-corrected chi connectivity index (χ0v) is 23.9. The molecule has 0 aliphatic carbocycles. The van der Waals surface area contributed by atoms with E-state index in [1.807, 2.05) is 13.8 Å². The lowest BCUT2D eigenvalue weighted by Gasteiger charge is -2.42. The molecule has 0 saturated heterocycles. The van der Waals surface area contributed by atoms with Gasteiger partial charge in [-0.05, 0) is 49.1 Å². The van der Waals surface area contributed by atoms with Crippen molar-refractivity contribution in [1.29, 1.82) is 0 Å². The van der Waals surface area contributed by atoms with Crippen LogP contribution in [0.5, 0.6) is 11.5 Å². The van der Waals surface area contributed by atoms with Crippen molar-refractivity contribution in [2.75, 3.05) is 32.8 Å². The van der Waals surface area contributed by atoms with Crippen LogP contribution in [0.1, 0.15) is 55.5 Å². The molecule has 0 N–H and O–H groups in total. The first-order valence-electron chi connectivity index (χ1n) is 12.9.